The summed E-state index contributed by atoms with van der Waals surface area (Å²) in [6.45, 7) is 7.14. The molecule has 0 spiro atoms. The van der Waals surface area contributed by atoms with Crippen molar-refractivity contribution in [3.63, 3.8) is 0 Å². The fourth-order valence-electron chi connectivity index (χ4n) is 3.15. The van der Waals surface area contributed by atoms with Crippen LogP contribution in [-0.4, -0.2) is 57.0 Å². The van der Waals surface area contributed by atoms with Crippen LogP contribution in [0.3, 0.4) is 0 Å². The van der Waals surface area contributed by atoms with Crippen LogP contribution >= 0.6 is 0 Å². The molecule has 23 heavy (non-hydrogen) atoms. The van der Waals surface area contributed by atoms with E-state index >= 15 is 0 Å². The lowest BCUT2D eigenvalue weighted by Gasteiger charge is -2.23. The van der Waals surface area contributed by atoms with Gasteiger partial charge in [-0.05, 0) is 38.3 Å². The van der Waals surface area contributed by atoms with Gasteiger partial charge in [-0.1, -0.05) is 17.7 Å². The van der Waals surface area contributed by atoms with Crippen LogP contribution in [0.1, 0.15) is 23.1 Å². The fraction of sp³-hybridized carbons (Fsp3) is 0.562. The predicted octanol–water partition coefficient (Wildman–Crippen LogP) is 2.07. The van der Waals surface area contributed by atoms with Crippen molar-refractivity contribution < 1.29 is 17.9 Å². The van der Waals surface area contributed by atoms with Crippen molar-refractivity contribution in [3.8, 4) is 0 Å². The van der Waals surface area contributed by atoms with Crippen molar-refractivity contribution in [2.75, 3.05) is 33.3 Å². The molecule has 0 saturated carbocycles. The van der Waals surface area contributed by atoms with Gasteiger partial charge in [0, 0.05) is 26.2 Å². The van der Waals surface area contributed by atoms with E-state index in [1.165, 1.54) is 11.4 Å². The number of rotatable bonds is 2. The summed E-state index contributed by atoms with van der Waals surface area (Å²) in [4.78, 5) is 13.6. The SMILES string of the molecule is COC(=O)N1CCCN(S(=O)(=O)c2c(C)cc(C)cc2C)CC1. The highest BCUT2D eigenvalue weighted by Crippen LogP contribution is 2.26. The van der Waals surface area contributed by atoms with Gasteiger partial charge in [-0.2, -0.15) is 4.31 Å². The quantitative estimate of drug-likeness (QED) is 0.827. The van der Waals surface area contributed by atoms with Crippen LogP contribution in [0.15, 0.2) is 17.0 Å². The summed E-state index contributed by atoms with van der Waals surface area (Å²) in [6.07, 6.45) is 0.185. The molecule has 0 atom stereocenters. The molecule has 1 amide bonds. The number of methoxy groups -OCH3 is 1. The van der Waals surface area contributed by atoms with Crippen molar-refractivity contribution in [2.45, 2.75) is 32.1 Å². The zero-order valence-corrected chi connectivity index (χ0v) is 14.9. The second-order valence-corrected chi connectivity index (χ2v) is 7.82. The molecule has 2 rings (SSSR count). The summed E-state index contributed by atoms with van der Waals surface area (Å²) >= 11 is 0. The number of aryl methyl sites for hydroxylation is 3. The molecule has 1 fully saturated rings. The van der Waals surface area contributed by atoms with E-state index in [0.717, 1.165) is 16.7 Å². The van der Waals surface area contributed by atoms with Gasteiger partial charge in [-0.3, -0.25) is 0 Å². The molecular formula is C16H24N2O4S. The smallest absolute Gasteiger partial charge is 0.409 e. The largest absolute Gasteiger partial charge is 0.453 e. The lowest BCUT2D eigenvalue weighted by Crippen LogP contribution is -2.37. The average Bonchev–Trinajstić information content (AvgIpc) is 2.71. The minimum atomic E-state index is -3.56. The number of carbonyl (C=O) groups is 1. The van der Waals surface area contributed by atoms with Gasteiger partial charge in [0.2, 0.25) is 10.0 Å². The number of carbonyl (C=O) groups excluding carboxylic acids is 1. The van der Waals surface area contributed by atoms with E-state index < -0.39 is 16.1 Å². The summed E-state index contributed by atoms with van der Waals surface area (Å²) < 4.78 is 32.3. The average molecular weight is 340 g/mol. The molecule has 1 saturated heterocycles. The number of hydrogen-bond donors (Lipinski definition) is 0. The minimum Gasteiger partial charge on any atom is -0.453 e. The first-order chi connectivity index (χ1) is 10.8. The Labute approximate surface area is 138 Å². The standard InChI is InChI=1S/C16H24N2O4S/c1-12-10-13(2)15(14(3)11-12)23(20,21)18-7-5-6-17(8-9-18)16(19)22-4/h10-11H,5-9H2,1-4H3. The van der Waals surface area contributed by atoms with Gasteiger partial charge in [0.05, 0.1) is 12.0 Å². The number of nitrogens with zero attached hydrogens (tertiary/aromatic N) is 2. The molecule has 7 heteroatoms. The third kappa shape index (κ3) is 3.67. The Bertz CT molecular complexity index is 677. The Kier molecular flexibility index (Phi) is 5.31. The molecule has 1 heterocycles. The zero-order valence-electron chi connectivity index (χ0n) is 14.1. The summed E-state index contributed by atoms with van der Waals surface area (Å²) in [6, 6.07) is 3.77. The molecular weight excluding hydrogens is 316 g/mol. The van der Waals surface area contributed by atoms with Gasteiger partial charge in [0.15, 0.2) is 0 Å². The molecule has 0 unspecified atom stereocenters. The maximum absolute atomic E-state index is 13.0. The number of benzene rings is 1. The molecule has 0 bridgehead atoms. The zero-order chi connectivity index (χ0) is 17.2. The second kappa shape index (κ2) is 6.88. The molecule has 1 aliphatic heterocycles. The van der Waals surface area contributed by atoms with Crippen molar-refractivity contribution in [1.29, 1.82) is 0 Å². The minimum absolute atomic E-state index is 0.282. The van der Waals surface area contributed by atoms with Crippen LogP contribution in [0.2, 0.25) is 0 Å². The molecule has 0 radical (unpaired) electrons. The number of hydrogen-bond acceptors (Lipinski definition) is 4. The molecule has 1 aromatic carbocycles. The van der Waals surface area contributed by atoms with Gasteiger partial charge in [0.25, 0.3) is 0 Å². The summed E-state index contributed by atoms with van der Waals surface area (Å²) in [5.74, 6) is 0. The van der Waals surface area contributed by atoms with Crippen LogP contribution in [0.25, 0.3) is 0 Å². The summed E-state index contributed by atoms with van der Waals surface area (Å²) in [5.41, 5.74) is 2.57. The Morgan fingerprint density at radius 3 is 2.22 bits per heavy atom. The van der Waals surface area contributed by atoms with Crippen molar-refractivity contribution in [3.05, 3.63) is 28.8 Å². The second-order valence-electron chi connectivity index (χ2n) is 5.94. The van der Waals surface area contributed by atoms with Gasteiger partial charge in [-0.25, -0.2) is 13.2 Å². The number of ether oxygens (including phenoxy) is 1. The predicted molar refractivity (Wildman–Crippen MR) is 88.0 cm³/mol. The number of amides is 1. The van der Waals surface area contributed by atoms with E-state index in [4.69, 9.17) is 4.74 Å². The molecule has 1 aliphatic rings. The topological polar surface area (TPSA) is 66.9 Å². The van der Waals surface area contributed by atoms with Crippen molar-refractivity contribution >= 4 is 16.1 Å². The normalized spacial score (nSPS) is 17.0. The van der Waals surface area contributed by atoms with Crippen molar-refractivity contribution in [1.82, 2.24) is 9.21 Å². The lowest BCUT2D eigenvalue weighted by molar-refractivity contribution is 0.126. The van der Waals surface area contributed by atoms with Gasteiger partial charge < -0.3 is 9.64 Å². The van der Waals surface area contributed by atoms with E-state index in [9.17, 15) is 13.2 Å². The Morgan fingerprint density at radius 2 is 1.65 bits per heavy atom. The highest BCUT2D eigenvalue weighted by Gasteiger charge is 2.30. The lowest BCUT2D eigenvalue weighted by atomic mass is 10.1. The first-order valence-electron chi connectivity index (χ1n) is 7.68. The van der Waals surface area contributed by atoms with E-state index in [1.54, 1.807) is 4.90 Å². The molecule has 0 N–H and O–H groups in total. The first kappa shape index (κ1) is 17.7. The summed E-state index contributed by atoms with van der Waals surface area (Å²) in [5, 5.41) is 0. The van der Waals surface area contributed by atoms with Gasteiger partial charge in [-0.15, -0.1) is 0 Å². The monoisotopic (exact) mass is 340 g/mol. The van der Waals surface area contributed by atoms with Gasteiger partial charge in [0.1, 0.15) is 0 Å². The third-order valence-electron chi connectivity index (χ3n) is 4.09. The van der Waals surface area contributed by atoms with E-state index in [0.29, 0.717) is 31.0 Å². The maximum Gasteiger partial charge on any atom is 0.409 e. The fourth-order valence-corrected chi connectivity index (χ4v) is 5.03. The molecule has 0 aliphatic carbocycles. The van der Waals surface area contributed by atoms with E-state index in [-0.39, 0.29) is 6.54 Å². The third-order valence-corrected chi connectivity index (χ3v) is 6.30. The highest BCUT2D eigenvalue weighted by molar-refractivity contribution is 7.89. The van der Waals surface area contributed by atoms with Crippen LogP contribution in [0.4, 0.5) is 4.79 Å². The Balaban J connectivity index is 2.29. The van der Waals surface area contributed by atoms with Gasteiger partial charge >= 0.3 is 6.09 Å². The van der Waals surface area contributed by atoms with Crippen LogP contribution in [0.5, 0.6) is 0 Å². The Hall–Kier alpha value is -1.60. The Morgan fingerprint density at radius 1 is 1.04 bits per heavy atom. The van der Waals surface area contributed by atoms with Crippen LogP contribution < -0.4 is 0 Å². The van der Waals surface area contributed by atoms with E-state index in [1.807, 2.05) is 32.9 Å². The molecule has 128 valence electrons. The van der Waals surface area contributed by atoms with Crippen LogP contribution in [-0.2, 0) is 14.8 Å². The molecule has 0 aromatic heterocycles. The number of sulfonamides is 1. The molecule has 1 aromatic rings. The highest BCUT2D eigenvalue weighted by atomic mass is 32.2. The van der Waals surface area contributed by atoms with Crippen LogP contribution in [0, 0.1) is 20.8 Å². The maximum atomic E-state index is 13.0. The van der Waals surface area contributed by atoms with Crippen molar-refractivity contribution in [2.24, 2.45) is 0 Å². The molecule has 6 nitrogen and oxygen atoms in total. The first-order valence-corrected chi connectivity index (χ1v) is 9.12. The summed E-state index contributed by atoms with van der Waals surface area (Å²) in [7, 11) is -2.23. The van der Waals surface area contributed by atoms with E-state index in [2.05, 4.69) is 0 Å².